The summed E-state index contributed by atoms with van der Waals surface area (Å²) < 4.78 is 5.70. The van der Waals surface area contributed by atoms with Crippen molar-refractivity contribution in [2.45, 2.75) is 52.6 Å². The fraction of sp³-hybridized carbons (Fsp3) is 0.688. The number of nitrogens with one attached hydrogen (secondary N) is 1. The molecule has 1 aromatic heterocycles. The van der Waals surface area contributed by atoms with Gasteiger partial charge in [0.1, 0.15) is 11.6 Å². The summed E-state index contributed by atoms with van der Waals surface area (Å²) in [6.45, 7) is 7.86. The van der Waals surface area contributed by atoms with E-state index in [0.717, 1.165) is 50.1 Å². The first-order valence-electron chi connectivity index (χ1n) is 7.89. The van der Waals surface area contributed by atoms with Crippen LogP contribution in [0.25, 0.3) is 0 Å². The van der Waals surface area contributed by atoms with Crippen molar-refractivity contribution in [1.29, 1.82) is 5.26 Å². The predicted molar refractivity (Wildman–Crippen MR) is 82.1 cm³/mol. The van der Waals surface area contributed by atoms with Crippen LogP contribution in [0.15, 0.2) is 0 Å². The molecule has 2 unspecified atom stereocenters. The molecule has 1 N–H and O–H groups in total. The largest absolute Gasteiger partial charge is 0.378 e. The molecule has 0 bridgehead atoms. The lowest BCUT2D eigenvalue weighted by Crippen LogP contribution is -2.24. The van der Waals surface area contributed by atoms with Gasteiger partial charge < -0.3 is 10.1 Å². The number of rotatable bonds is 6. The molecule has 1 fully saturated rings. The van der Waals surface area contributed by atoms with Crippen molar-refractivity contribution in [3.8, 4) is 6.07 Å². The maximum atomic E-state index is 9.46. The van der Waals surface area contributed by atoms with Crippen LogP contribution in [0, 0.1) is 17.2 Å². The van der Waals surface area contributed by atoms with Gasteiger partial charge in [0.25, 0.3) is 0 Å². The highest BCUT2D eigenvalue weighted by Crippen LogP contribution is 2.25. The van der Waals surface area contributed by atoms with E-state index in [1.54, 1.807) is 0 Å². The highest BCUT2D eigenvalue weighted by atomic mass is 16.5. The van der Waals surface area contributed by atoms with Crippen molar-refractivity contribution in [2.75, 3.05) is 18.5 Å². The van der Waals surface area contributed by atoms with Crippen LogP contribution in [-0.2, 0) is 17.6 Å². The zero-order valence-electron chi connectivity index (χ0n) is 13.1. The summed E-state index contributed by atoms with van der Waals surface area (Å²) >= 11 is 0. The van der Waals surface area contributed by atoms with E-state index in [2.05, 4.69) is 35.4 Å². The van der Waals surface area contributed by atoms with Gasteiger partial charge in [0.05, 0.1) is 11.8 Å². The molecular formula is C16H24N4O. The Hall–Kier alpha value is -1.67. The fourth-order valence-electron chi connectivity index (χ4n) is 3.02. The molecule has 1 aliphatic heterocycles. The van der Waals surface area contributed by atoms with E-state index < -0.39 is 0 Å². The van der Waals surface area contributed by atoms with Crippen LogP contribution < -0.4 is 5.32 Å². The normalized spacial score (nSPS) is 21.2. The minimum Gasteiger partial charge on any atom is -0.378 e. The topological polar surface area (TPSA) is 70.8 Å². The highest BCUT2D eigenvalue weighted by Gasteiger charge is 2.27. The van der Waals surface area contributed by atoms with E-state index in [-0.39, 0.29) is 0 Å². The average molecular weight is 288 g/mol. The molecule has 0 aromatic carbocycles. The summed E-state index contributed by atoms with van der Waals surface area (Å²) in [6.07, 6.45) is 4.02. The van der Waals surface area contributed by atoms with Gasteiger partial charge in [0.2, 0.25) is 0 Å². The van der Waals surface area contributed by atoms with E-state index >= 15 is 0 Å². The third-order valence-electron chi connectivity index (χ3n) is 4.24. The lowest BCUT2D eigenvalue weighted by Gasteiger charge is -2.18. The molecule has 0 amide bonds. The van der Waals surface area contributed by atoms with Gasteiger partial charge in [-0.05, 0) is 31.2 Å². The molecule has 0 aliphatic carbocycles. The standard InChI is InChI=1S/C16H24N4O/c1-4-12-13(9-17)16(20-19-14(12)5-2)18-10-11-7-8-21-15(11)6-3/h11,15H,4-8,10H2,1-3H3,(H,18,20). The number of aromatic nitrogens is 2. The molecule has 1 aromatic rings. The molecule has 5 nitrogen and oxygen atoms in total. The van der Waals surface area contributed by atoms with Crippen LogP contribution in [0.1, 0.15) is 50.4 Å². The molecule has 5 heteroatoms. The monoisotopic (exact) mass is 288 g/mol. The van der Waals surface area contributed by atoms with E-state index in [1.165, 1.54) is 0 Å². The van der Waals surface area contributed by atoms with Crippen molar-refractivity contribution in [2.24, 2.45) is 5.92 Å². The summed E-state index contributed by atoms with van der Waals surface area (Å²) in [5.74, 6) is 1.10. The Morgan fingerprint density at radius 2 is 2.10 bits per heavy atom. The molecular weight excluding hydrogens is 264 g/mol. The van der Waals surface area contributed by atoms with Crippen molar-refractivity contribution in [3.05, 3.63) is 16.8 Å². The van der Waals surface area contributed by atoms with Crippen LogP contribution in [0.2, 0.25) is 0 Å². The van der Waals surface area contributed by atoms with Gasteiger partial charge in [-0.25, -0.2) is 0 Å². The summed E-state index contributed by atoms with van der Waals surface area (Å²) in [7, 11) is 0. The maximum Gasteiger partial charge on any atom is 0.166 e. The quantitative estimate of drug-likeness (QED) is 0.871. The minimum atomic E-state index is 0.316. The first-order chi connectivity index (χ1) is 10.2. The maximum absolute atomic E-state index is 9.46. The fourth-order valence-corrected chi connectivity index (χ4v) is 3.02. The number of ether oxygens (including phenoxy) is 1. The number of nitriles is 1. The van der Waals surface area contributed by atoms with E-state index in [9.17, 15) is 5.26 Å². The van der Waals surface area contributed by atoms with E-state index in [0.29, 0.717) is 23.4 Å². The Kier molecular flexibility index (Phi) is 5.51. The van der Waals surface area contributed by atoms with Crippen molar-refractivity contribution >= 4 is 5.82 Å². The lowest BCUT2D eigenvalue weighted by molar-refractivity contribution is 0.0900. The van der Waals surface area contributed by atoms with Crippen molar-refractivity contribution in [3.63, 3.8) is 0 Å². The molecule has 0 spiro atoms. The lowest BCUT2D eigenvalue weighted by atomic mass is 9.99. The van der Waals surface area contributed by atoms with Crippen LogP contribution in [0.3, 0.4) is 0 Å². The molecule has 21 heavy (non-hydrogen) atoms. The second kappa shape index (κ2) is 7.37. The zero-order valence-corrected chi connectivity index (χ0v) is 13.1. The second-order valence-electron chi connectivity index (χ2n) is 5.41. The Bertz CT molecular complexity index is 524. The van der Waals surface area contributed by atoms with Gasteiger partial charge >= 0.3 is 0 Å². The molecule has 0 radical (unpaired) electrons. The molecule has 1 aliphatic rings. The van der Waals surface area contributed by atoms with Gasteiger partial charge in [-0.3, -0.25) is 0 Å². The number of aryl methyl sites for hydroxylation is 1. The van der Waals surface area contributed by atoms with E-state index in [4.69, 9.17) is 4.74 Å². The van der Waals surface area contributed by atoms with Gasteiger partial charge in [-0.15, -0.1) is 5.10 Å². The van der Waals surface area contributed by atoms with Gasteiger partial charge in [0, 0.05) is 19.1 Å². The number of anilines is 1. The minimum absolute atomic E-state index is 0.316. The van der Waals surface area contributed by atoms with Gasteiger partial charge in [-0.2, -0.15) is 10.4 Å². The molecule has 0 saturated carbocycles. The average Bonchev–Trinajstić information content (AvgIpc) is 2.99. The first kappa shape index (κ1) is 15.7. The van der Waals surface area contributed by atoms with Crippen LogP contribution >= 0.6 is 0 Å². The summed E-state index contributed by atoms with van der Waals surface area (Å²) in [5.41, 5.74) is 2.60. The summed E-state index contributed by atoms with van der Waals surface area (Å²) in [6, 6.07) is 2.29. The first-order valence-corrected chi connectivity index (χ1v) is 7.89. The molecule has 2 rings (SSSR count). The molecule has 1 saturated heterocycles. The Labute approximate surface area is 126 Å². The van der Waals surface area contributed by atoms with Gasteiger partial charge in [0.15, 0.2) is 5.82 Å². The van der Waals surface area contributed by atoms with Crippen molar-refractivity contribution in [1.82, 2.24) is 10.2 Å². The number of nitrogens with zero attached hydrogens (tertiary/aromatic N) is 3. The molecule has 2 atom stereocenters. The van der Waals surface area contributed by atoms with Crippen LogP contribution in [0.4, 0.5) is 5.82 Å². The number of hydrogen-bond donors (Lipinski definition) is 1. The van der Waals surface area contributed by atoms with Crippen LogP contribution in [0.5, 0.6) is 0 Å². The zero-order chi connectivity index (χ0) is 15.2. The van der Waals surface area contributed by atoms with Crippen molar-refractivity contribution < 1.29 is 4.74 Å². The third kappa shape index (κ3) is 3.33. The van der Waals surface area contributed by atoms with Gasteiger partial charge in [-0.1, -0.05) is 20.8 Å². The Balaban J connectivity index is 2.15. The molecule has 2 heterocycles. The highest BCUT2D eigenvalue weighted by molar-refractivity contribution is 5.56. The third-order valence-corrected chi connectivity index (χ3v) is 4.24. The SMILES string of the molecule is CCc1nnc(NCC2CCOC2CC)c(C#N)c1CC. The van der Waals surface area contributed by atoms with Crippen LogP contribution in [-0.4, -0.2) is 29.5 Å². The van der Waals surface area contributed by atoms with E-state index in [1.807, 2.05) is 6.92 Å². The second-order valence-corrected chi connectivity index (χ2v) is 5.41. The molecule has 114 valence electrons. The summed E-state index contributed by atoms with van der Waals surface area (Å²) in [5, 5.41) is 21.3. The number of hydrogen-bond acceptors (Lipinski definition) is 5. The Morgan fingerprint density at radius 3 is 2.71 bits per heavy atom. The Morgan fingerprint density at radius 1 is 1.29 bits per heavy atom. The smallest absolute Gasteiger partial charge is 0.166 e. The summed E-state index contributed by atoms with van der Waals surface area (Å²) in [4.78, 5) is 0. The predicted octanol–water partition coefficient (Wildman–Crippen LogP) is 2.70.